The molecule has 338 valence electrons. The molecule has 6 rings (SSSR count). The van der Waals surface area contributed by atoms with Gasteiger partial charge in [0.1, 0.15) is 22.9 Å². The normalized spacial score (nSPS) is 35.8. The smallest absolute Gasteiger partial charge is 0.410 e. The van der Waals surface area contributed by atoms with Crippen LogP contribution in [0.25, 0.3) is 20.9 Å². The molecule has 0 aliphatic carbocycles. The Morgan fingerprint density at radius 2 is 1.82 bits per heavy atom. The zero-order chi connectivity index (χ0) is 44.4. The number of alkyl halides is 1. The first-order valence-electron chi connectivity index (χ1n) is 21.4. The fourth-order valence-corrected chi connectivity index (χ4v) is 10.1. The molecule has 3 aliphatic rings. The topological polar surface area (TPSA) is 180 Å². The number of amides is 1. The van der Waals surface area contributed by atoms with Gasteiger partial charge in [-0.2, -0.15) is 0 Å². The standard InChI is InChI=1S/C43H64FN7O9S/c1-11-33-43(7)36(51(40(55)60-43)19-15-14-18-50-24-29(47-48-50)37-46-28-16-12-13-17-31(28)61-37)27(4)45-23-25(2)22-41(5,56-10)34(21-32(52)42(6,44)39(54)59-33)58-38-35(53)30(49(8)9)20-26(3)57-38/h12-13,16-17,24-27,30,33-36,38,45,53H,11,14-15,18-23H2,1-10H3/t25-,26?,27-,30?,33-,34-,35?,36-,38+,41-,42-,43-/m1/s1. The van der Waals surface area contributed by atoms with Gasteiger partial charge in [-0.1, -0.05) is 31.2 Å². The number of aromatic nitrogens is 4. The molecule has 18 heteroatoms. The Kier molecular flexibility index (Phi) is 14.6. The fraction of sp³-hybridized carbons (Fsp3) is 0.721. The second-order valence-corrected chi connectivity index (χ2v) is 18.9. The number of nitrogens with one attached hydrogen (secondary N) is 1. The number of hydrogen-bond donors (Lipinski definition) is 2. The summed E-state index contributed by atoms with van der Waals surface area (Å²) in [5, 5.41) is 24.4. The number of Topliss-reactive ketones (excluding diaryl/α,β-unsaturated/α-hetero) is 1. The maximum Gasteiger partial charge on any atom is 0.410 e. The van der Waals surface area contributed by atoms with Crippen LogP contribution in [0.5, 0.6) is 0 Å². The molecule has 5 heterocycles. The summed E-state index contributed by atoms with van der Waals surface area (Å²) >= 11 is 1.56. The number of carbonyl (C=O) groups is 3. The van der Waals surface area contributed by atoms with Crippen LogP contribution < -0.4 is 5.32 Å². The molecule has 2 N–H and O–H groups in total. The Balaban J connectivity index is 1.21. The Hall–Kier alpha value is -3.65. The van der Waals surface area contributed by atoms with Gasteiger partial charge in [0.25, 0.3) is 5.67 Å². The van der Waals surface area contributed by atoms with E-state index in [-0.39, 0.29) is 24.5 Å². The van der Waals surface area contributed by atoms with Gasteiger partial charge in [0.15, 0.2) is 17.7 Å². The van der Waals surface area contributed by atoms with Gasteiger partial charge < -0.3 is 39.0 Å². The first-order chi connectivity index (χ1) is 28.8. The van der Waals surface area contributed by atoms with Gasteiger partial charge in [0, 0.05) is 38.7 Å². The third-order valence-corrected chi connectivity index (χ3v) is 13.9. The van der Waals surface area contributed by atoms with E-state index in [0.29, 0.717) is 51.0 Å². The number of halogens is 1. The number of ketones is 1. The van der Waals surface area contributed by atoms with Gasteiger partial charge in [-0.05, 0) is 105 Å². The molecule has 0 saturated carbocycles. The lowest BCUT2D eigenvalue weighted by molar-refractivity contribution is -0.289. The van der Waals surface area contributed by atoms with Crippen molar-refractivity contribution in [1.82, 2.24) is 35.1 Å². The van der Waals surface area contributed by atoms with Crippen molar-refractivity contribution in [2.24, 2.45) is 5.92 Å². The molecule has 16 nitrogen and oxygen atoms in total. The number of ether oxygens (including phenoxy) is 5. The highest BCUT2D eigenvalue weighted by Crippen LogP contribution is 2.40. The van der Waals surface area contributed by atoms with E-state index in [1.54, 1.807) is 41.7 Å². The quantitative estimate of drug-likeness (QED) is 0.147. The predicted molar refractivity (Wildman–Crippen MR) is 227 cm³/mol. The molecule has 3 aliphatic heterocycles. The minimum Gasteiger partial charge on any atom is -0.455 e. The number of thiazole rings is 1. The Bertz CT molecular complexity index is 1970. The number of aliphatic hydroxyl groups is 1. The lowest BCUT2D eigenvalue weighted by Crippen LogP contribution is -2.61. The number of cyclic esters (lactones) is 1. The van der Waals surface area contributed by atoms with E-state index in [4.69, 9.17) is 23.7 Å². The number of carbonyl (C=O) groups excluding carboxylic acids is 3. The highest BCUT2D eigenvalue weighted by atomic mass is 32.1. The number of para-hydroxylation sites is 1. The molecule has 12 atom stereocenters. The number of rotatable bonds is 11. The molecule has 0 bridgehead atoms. The van der Waals surface area contributed by atoms with Crippen LogP contribution in [-0.4, -0.2) is 153 Å². The van der Waals surface area contributed by atoms with Gasteiger partial charge in [-0.15, -0.1) is 16.4 Å². The number of esters is 1. The number of aryl methyl sites for hydroxylation is 1. The summed E-state index contributed by atoms with van der Waals surface area (Å²) in [6.45, 7) is 13.3. The van der Waals surface area contributed by atoms with Crippen molar-refractivity contribution in [3.63, 3.8) is 0 Å². The van der Waals surface area contributed by atoms with Crippen LogP contribution in [0.4, 0.5) is 9.18 Å². The van der Waals surface area contributed by atoms with Crippen LogP contribution in [0.2, 0.25) is 0 Å². The van der Waals surface area contributed by atoms with Crippen molar-refractivity contribution in [2.45, 2.75) is 159 Å². The van der Waals surface area contributed by atoms with E-state index in [2.05, 4.69) is 20.6 Å². The van der Waals surface area contributed by atoms with Gasteiger partial charge in [0.05, 0.1) is 40.3 Å². The van der Waals surface area contributed by atoms with Gasteiger partial charge in [0.2, 0.25) is 0 Å². The first kappa shape index (κ1) is 46.8. The van der Waals surface area contributed by atoms with Crippen molar-refractivity contribution in [2.75, 3.05) is 34.3 Å². The van der Waals surface area contributed by atoms with Crippen LogP contribution >= 0.6 is 11.3 Å². The van der Waals surface area contributed by atoms with E-state index < -0.39 is 77.8 Å². The zero-order valence-corrected chi connectivity index (χ0v) is 37.9. The summed E-state index contributed by atoms with van der Waals surface area (Å²) in [6.07, 6.45) is -1.70. The van der Waals surface area contributed by atoms with Crippen molar-refractivity contribution >= 4 is 39.4 Å². The second-order valence-electron chi connectivity index (χ2n) is 17.9. The van der Waals surface area contributed by atoms with Gasteiger partial charge >= 0.3 is 12.1 Å². The second kappa shape index (κ2) is 19.0. The lowest BCUT2D eigenvalue weighted by Gasteiger charge is -2.45. The molecule has 3 saturated heterocycles. The fourth-order valence-electron chi connectivity index (χ4n) is 9.18. The van der Waals surface area contributed by atoms with E-state index in [9.17, 15) is 19.5 Å². The number of aliphatic hydroxyl groups excluding tert-OH is 1. The first-order valence-corrected chi connectivity index (χ1v) is 22.3. The van der Waals surface area contributed by atoms with E-state index in [1.165, 1.54) is 7.11 Å². The molecule has 1 aromatic carbocycles. The maximum atomic E-state index is 16.7. The van der Waals surface area contributed by atoms with Crippen LogP contribution in [-0.2, 0) is 39.8 Å². The van der Waals surface area contributed by atoms with Gasteiger partial charge in [-0.25, -0.2) is 19.0 Å². The maximum absolute atomic E-state index is 16.7. The van der Waals surface area contributed by atoms with Crippen molar-refractivity contribution in [3.8, 4) is 10.7 Å². The van der Waals surface area contributed by atoms with Crippen molar-refractivity contribution in [1.29, 1.82) is 0 Å². The largest absolute Gasteiger partial charge is 0.455 e. The molecule has 1 amide bonds. The molecule has 61 heavy (non-hydrogen) atoms. The summed E-state index contributed by atoms with van der Waals surface area (Å²) in [6, 6.07) is 6.58. The van der Waals surface area contributed by atoms with Crippen molar-refractivity contribution < 1.29 is 47.6 Å². The summed E-state index contributed by atoms with van der Waals surface area (Å²) in [7, 11) is 5.20. The average Bonchev–Trinajstić information content (AvgIpc) is 3.93. The van der Waals surface area contributed by atoms with Crippen LogP contribution in [0.15, 0.2) is 30.5 Å². The number of benzene rings is 1. The number of fused-ring (bicyclic) bond motifs is 2. The van der Waals surface area contributed by atoms with E-state index >= 15 is 4.39 Å². The number of hydrogen-bond acceptors (Lipinski definition) is 15. The lowest BCUT2D eigenvalue weighted by atomic mass is 9.83. The minimum atomic E-state index is -3.10. The van der Waals surface area contributed by atoms with Gasteiger partial charge in [-0.3, -0.25) is 14.4 Å². The summed E-state index contributed by atoms with van der Waals surface area (Å²) in [5.41, 5.74) is -4.11. The molecule has 3 aromatic rings. The Morgan fingerprint density at radius 1 is 1.10 bits per heavy atom. The Labute approximate surface area is 361 Å². The monoisotopic (exact) mass is 873 g/mol. The molecule has 0 spiro atoms. The summed E-state index contributed by atoms with van der Waals surface area (Å²) in [5.74, 6) is -2.58. The summed E-state index contributed by atoms with van der Waals surface area (Å²) < 4.78 is 50.2. The van der Waals surface area contributed by atoms with Crippen LogP contribution in [0.3, 0.4) is 0 Å². The van der Waals surface area contributed by atoms with E-state index in [0.717, 1.165) is 22.1 Å². The zero-order valence-electron chi connectivity index (χ0n) is 37.1. The number of unbranched alkanes of at least 4 members (excludes halogenated alkanes) is 1. The van der Waals surface area contributed by atoms with E-state index in [1.807, 2.05) is 70.2 Å². The highest BCUT2D eigenvalue weighted by molar-refractivity contribution is 7.21. The number of methoxy groups -OCH3 is 1. The minimum absolute atomic E-state index is 0.103. The number of likely N-dealkylation sites (N-methyl/N-ethyl adjacent to an activating group) is 1. The van der Waals surface area contributed by atoms with Crippen LogP contribution in [0, 0.1) is 5.92 Å². The third-order valence-electron chi connectivity index (χ3n) is 12.8. The molecular formula is C43H64FN7O9S. The molecule has 3 unspecified atom stereocenters. The number of nitrogens with zero attached hydrogens (tertiary/aromatic N) is 6. The molecule has 0 radical (unpaired) electrons. The SMILES string of the molecule is CC[C@H]1OC(=O)[C@](C)(F)C(=O)C[C@@H](O[C@@H]2OC(C)CC(N(C)C)C2O)[C@](C)(OC)C[C@@H](C)CN[C@H](C)[C@H]2N(CCCCn3cc(-c4nc5ccccc5s4)nn3)C(=O)O[C@]12C. The summed E-state index contributed by atoms with van der Waals surface area (Å²) in [4.78, 5) is 49.9. The molecule has 3 fully saturated rings. The van der Waals surface area contributed by atoms with Crippen molar-refractivity contribution in [3.05, 3.63) is 30.5 Å². The average molecular weight is 874 g/mol. The predicted octanol–water partition coefficient (Wildman–Crippen LogP) is 5.16. The van der Waals surface area contributed by atoms with Crippen LogP contribution in [0.1, 0.15) is 87.0 Å². The molecule has 2 aromatic heterocycles. The third kappa shape index (κ3) is 9.95. The Morgan fingerprint density at radius 3 is 2.51 bits per heavy atom. The highest BCUT2D eigenvalue weighted by Gasteiger charge is 2.59. The molecular weight excluding hydrogens is 810 g/mol.